The van der Waals surface area contributed by atoms with Crippen molar-refractivity contribution in [2.45, 2.75) is 53.4 Å². The highest BCUT2D eigenvalue weighted by Gasteiger charge is 2.29. The zero-order valence-corrected chi connectivity index (χ0v) is 11.8. The van der Waals surface area contributed by atoms with E-state index in [-0.39, 0.29) is 0 Å². The smallest absolute Gasteiger partial charge is 0.309 e. The molecule has 1 aliphatic heterocycles. The van der Waals surface area contributed by atoms with E-state index in [4.69, 9.17) is 5.11 Å². The Morgan fingerprint density at radius 3 is 2.53 bits per heavy atom. The second-order valence-corrected chi connectivity index (χ2v) is 6.80. The van der Waals surface area contributed by atoms with Gasteiger partial charge in [0.1, 0.15) is 0 Å². The van der Waals surface area contributed by atoms with Crippen LogP contribution in [0.3, 0.4) is 0 Å². The second kappa shape index (κ2) is 5.38. The summed E-state index contributed by atoms with van der Waals surface area (Å²) in [6.45, 7) is 11.4. The Bertz CT molecular complexity index is 271. The fourth-order valence-electron chi connectivity index (χ4n) is 2.25. The Morgan fingerprint density at radius 2 is 1.94 bits per heavy atom. The molecule has 0 spiro atoms. The first kappa shape index (κ1) is 14.5. The molecule has 0 radical (unpaired) electrons. The van der Waals surface area contributed by atoms with Gasteiger partial charge in [0.25, 0.3) is 0 Å². The number of hydrogen-bond donors (Lipinski definition) is 1. The molecule has 0 bridgehead atoms. The molecule has 0 aromatic rings. The van der Waals surface area contributed by atoms with Crippen molar-refractivity contribution in [1.29, 1.82) is 0 Å². The Balaban J connectivity index is 2.40. The van der Waals surface area contributed by atoms with Crippen LogP contribution < -0.4 is 0 Å². The lowest BCUT2D eigenvalue weighted by molar-refractivity contribution is -0.147. The highest BCUT2D eigenvalue weighted by atomic mass is 16.4. The molecule has 1 heterocycles. The van der Waals surface area contributed by atoms with Gasteiger partial charge in [0.05, 0.1) is 5.41 Å². The van der Waals surface area contributed by atoms with Crippen LogP contribution in [0.4, 0.5) is 0 Å². The summed E-state index contributed by atoms with van der Waals surface area (Å²) in [5.41, 5.74) is -0.140. The summed E-state index contributed by atoms with van der Waals surface area (Å²) in [5.74, 6) is -0.687. The molecule has 1 rings (SSSR count). The maximum Gasteiger partial charge on any atom is 0.309 e. The number of likely N-dealkylation sites (tertiary alicyclic amines) is 1. The van der Waals surface area contributed by atoms with Gasteiger partial charge in [-0.2, -0.15) is 0 Å². The van der Waals surface area contributed by atoms with Gasteiger partial charge in [0, 0.05) is 0 Å². The highest BCUT2D eigenvalue weighted by molar-refractivity contribution is 5.73. The molecule has 1 N–H and O–H groups in total. The van der Waals surface area contributed by atoms with Crippen LogP contribution in [0.1, 0.15) is 53.4 Å². The van der Waals surface area contributed by atoms with E-state index in [1.807, 2.05) is 13.8 Å². The van der Waals surface area contributed by atoms with E-state index in [0.717, 1.165) is 26.1 Å². The number of rotatable bonds is 4. The van der Waals surface area contributed by atoms with Crippen molar-refractivity contribution >= 4 is 5.97 Å². The molecular weight excluding hydrogens is 214 g/mol. The number of carboxylic acids is 1. The molecule has 0 aromatic heterocycles. The minimum absolute atomic E-state index is 0.455. The largest absolute Gasteiger partial charge is 0.481 e. The molecule has 100 valence electrons. The lowest BCUT2D eigenvalue weighted by Crippen LogP contribution is -2.33. The van der Waals surface area contributed by atoms with Gasteiger partial charge in [0.15, 0.2) is 0 Å². The number of hydrogen-bond acceptors (Lipinski definition) is 2. The zero-order valence-electron chi connectivity index (χ0n) is 11.8. The molecule has 0 unspecified atom stereocenters. The molecule has 0 atom stereocenters. The van der Waals surface area contributed by atoms with Crippen molar-refractivity contribution in [3.05, 3.63) is 0 Å². The minimum Gasteiger partial charge on any atom is -0.481 e. The van der Waals surface area contributed by atoms with Crippen molar-refractivity contribution in [2.75, 3.05) is 19.6 Å². The summed E-state index contributed by atoms with van der Waals surface area (Å²) in [6.07, 6.45) is 4.48. The molecule has 1 fully saturated rings. The predicted molar refractivity (Wildman–Crippen MR) is 70.1 cm³/mol. The second-order valence-electron chi connectivity index (χ2n) is 6.80. The van der Waals surface area contributed by atoms with Gasteiger partial charge in [-0.3, -0.25) is 4.79 Å². The first-order valence-corrected chi connectivity index (χ1v) is 6.69. The maximum atomic E-state index is 11.0. The standard InChI is InChI=1S/C14H27NO2/c1-13(2)6-5-9-15(10-7-13)11-8-14(3,4)12(16)17/h5-11H2,1-4H3,(H,16,17). The normalized spacial score (nSPS) is 22.1. The average Bonchev–Trinajstić information content (AvgIpc) is 2.36. The first-order chi connectivity index (χ1) is 7.73. The summed E-state index contributed by atoms with van der Waals surface area (Å²) in [7, 11) is 0. The van der Waals surface area contributed by atoms with Gasteiger partial charge in [-0.1, -0.05) is 13.8 Å². The van der Waals surface area contributed by atoms with Gasteiger partial charge in [-0.05, 0) is 64.6 Å². The SMILES string of the molecule is CC1(C)CCCN(CCC(C)(C)C(=O)O)CC1. The maximum absolute atomic E-state index is 11.0. The van der Waals surface area contributed by atoms with E-state index in [1.54, 1.807) is 0 Å². The fraction of sp³-hybridized carbons (Fsp3) is 0.929. The molecule has 0 amide bonds. The summed E-state index contributed by atoms with van der Waals surface area (Å²) in [6, 6.07) is 0. The van der Waals surface area contributed by atoms with Crippen LogP contribution in [0.5, 0.6) is 0 Å². The van der Waals surface area contributed by atoms with Crippen molar-refractivity contribution in [3.8, 4) is 0 Å². The van der Waals surface area contributed by atoms with Gasteiger partial charge in [0.2, 0.25) is 0 Å². The van der Waals surface area contributed by atoms with Crippen molar-refractivity contribution < 1.29 is 9.90 Å². The van der Waals surface area contributed by atoms with E-state index in [9.17, 15) is 4.79 Å². The third-order valence-corrected chi connectivity index (χ3v) is 4.06. The van der Waals surface area contributed by atoms with Crippen LogP contribution in [0.15, 0.2) is 0 Å². The van der Waals surface area contributed by atoms with Gasteiger partial charge >= 0.3 is 5.97 Å². The van der Waals surface area contributed by atoms with Crippen LogP contribution in [-0.2, 0) is 4.79 Å². The fourth-order valence-corrected chi connectivity index (χ4v) is 2.25. The van der Waals surface area contributed by atoms with Crippen LogP contribution in [-0.4, -0.2) is 35.6 Å². The summed E-state index contributed by atoms with van der Waals surface area (Å²) in [4.78, 5) is 13.5. The number of carboxylic acid groups (broad SMARTS) is 1. The Kier molecular flexibility index (Phi) is 4.59. The van der Waals surface area contributed by atoms with E-state index in [1.165, 1.54) is 19.3 Å². The van der Waals surface area contributed by atoms with E-state index < -0.39 is 11.4 Å². The first-order valence-electron chi connectivity index (χ1n) is 6.69. The molecule has 17 heavy (non-hydrogen) atoms. The number of nitrogens with zero attached hydrogens (tertiary/aromatic N) is 1. The summed E-state index contributed by atoms with van der Waals surface area (Å²) in [5, 5.41) is 9.09. The summed E-state index contributed by atoms with van der Waals surface area (Å²) >= 11 is 0. The lowest BCUT2D eigenvalue weighted by Gasteiger charge is -2.26. The average molecular weight is 241 g/mol. The highest BCUT2D eigenvalue weighted by Crippen LogP contribution is 2.30. The third kappa shape index (κ3) is 4.66. The van der Waals surface area contributed by atoms with Crippen LogP contribution in [0, 0.1) is 10.8 Å². The number of aliphatic carboxylic acids is 1. The zero-order chi connectivity index (χ0) is 13.1. The summed E-state index contributed by atoms with van der Waals surface area (Å²) < 4.78 is 0. The molecule has 3 nitrogen and oxygen atoms in total. The molecule has 0 aliphatic carbocycles. The van der Waals surface area contributed by atoms with E-state index in [2.05, 4.69) is 18.7 Å². The van der Waals surface area contributed by atoms with Crippen molar-refractivity contribution in [2.24, 2.45) is 10.8 Å². The van der Waals surface area contributed by atoms with Crippen molar-refractivity contribution in [1.82, 2.24) is 4.90 Å². The van der Waals surface area contributed by atoms with Gasteiger partial charge in [-0.25, -0.2) is 0 Å². The van der Waals surface area contributed by atoms with Crippen LogP contribution >= 0.6 is 0 Å². The van der Waals surface area contributed by atoms with E-state index in [0.29, 0.717) is 5.41 Å². The Labute approximate surface area is 105 Å². The molecule has 1 aliphatic rings. The van der Waals surface area contributed by atoms with Crippen LogP contribution in [0.25, 0.3) is 0 Å². The Morgan fingerprint density at radius 1 is 1.29 bits per heavy atom. The van der Waals surface area contributed by atoms with Gasteiger partial charge in [-0.15, -0.1) is 0 Å². The van der Waals surface area contributed by atoms with Crippen LogP contribution in [0.2, 0.25) is 0 Å². The number of carbonyl (C=O) groups is 1. The van der Waals surface area contributed by atoms with E-state index >= 15 is 0 Å². The quantitative estimate of drug-likeness (QED) is 0.822. The molecule has 1 saturated heterocycles. The lowest BCUT2D eigenvalue weighted by atomic mass is 9.85. The third-order valence-electron chi connectivity index (χ3n) is 4.06. The monoisotopic (exact) mass is 241 g/mol. The van der Waals surface area contributed by atoms with Gasteiger partial charge < -0.3 is 10.0 Å². The Hall–Kier alpha value is -0.570. The van der Waals surface area contributed by atoms with Crippen molar-refractivity contribution in [3.63, 3.8) is 0 Å². The minimum atomic E-state index is -0.687. The predicted octanol–water partition coefficient (Wildman–Crippen LogP) is 3.00. The molecule has 0 aromatic carbocycles. The molecule has 0 saturated carbocycles. The topological polar surface area (TPSA) is 40.5 Å². The molecule has 3 heteroatoms. The molecular formula is C14H27NO2.